The van der Waals surface area contributed by atoms with E-state index in [0.29, 0.717) is 11.5 Å². The summed E-state index contributed by atoms with van der Waals surface area (Å²) in [4.78, 5) is 9.41. The lowest BCUT2D eigenvalue weighted by Gasteiger charge is -2.36. The van der Waals surface area contributed by atoms with Crippen LogP contribution in [0.4, 0.5) is 17.2 Å². The van der Waals surface area contributed by atoms with Gasteiger partial charge in [-0.2, -0.15) is 9.61 Å². The lowest BCUT2D eigenvalue weighted by Crippen LogP contribution is -2.47. The Morgan fingerprint density at radius 1 is 0.848 bits per heavy atom. The molecule has 3 heterocycles. The molecule has 9 heteroatoms. The van der Waals surface area contributed by atoms with Gasteiger partial charge in [-0.25, -0.2) is 4.98 Å². The maximum atomic E-state index is 9.21. The lowest BCUT2D eigenvalue weighted by molar-refractivity contribution is 0.189. The van der Waals surface area contributed by atoms with Crippen molar-refractivity contribution in [1.29, 1.82) is 0 Å². The Labute approximate surface area is 198 Å². The van der Waals surface area contributed by atoms with Gasteiger partial charge in [-0.1, -0.05) is 30.3 Å². The highest BCUT2D eigenvalue weighted by molar-refractivity contribution is 5.88. The number of aliphatic hydroxyl groups excluding tert-OH is 1. The van der Waals surface area contributed by atoms with Crippen LogP contribution in [0.25, 0.3) is 27.9 Å². The van der Waals surface area contributed by atoms with Crippen molar-refractivity contribution >= 4 is 35.2 Å². The molecule has 1 aliphatic heterocycles. The van der Waals surface area contributed by atoms with Crippen molar-refractivity contribution in [2.75, 3.05) is 55.7 Å². The number of hydrogen-bond acceptors (Lipinski definition) is 7. The number of nitrogens with two attached hydrogens (primary N) is 2. The average Bonchev–Trinajstić information content (AvgIpc) is 3.26. The largest absolute Gasteiger partial charge is 0.399 e. The molecule has 172 valence electrons. The van der Waals surface area contributed by atoms with E-state index in [2.05, 4.69) is 33.1 Å². The van der Waals surface area contributed by atoms with Crippen LogP contribution in [0.1, 0.15) is 0 Å². The number of fused-ring (bicyclic) bond motifs is 1. The van der Waals surface area contributed by atoms with Crippen LogP contribution in [-0.4, -0.2) is 63.9 Å². The van der Waals surface area contributed by atoms with E-state index in [-0.39, 0.29) is 19.0 Å². The molecular weight excluding hydrogens is 438 g/mol. The smallest absolute Gasteiger partial charge is 0.165 e. The molecule has 33 heavy (non-hydrogen) atoms. The molecule has 4 aromatic rings. The van der Waals surface area contributed by atoms with Crippen LogP contribution in [0, 0.1) is 0 Å². The summed E-state index contributed by atoms with van der Waals surface area (Å²) >= 11 is 0. The number of benzene rings is 2. The molecule has 0 unspecified atom stereocenters. The van der Waals surface area contributed by atoms with Crippen molar-refractivity contribution < 1.29 is 5.11 Å². The molecule has 0 saturated carbocycles. The third-order valence-corrected chi connectivity index (χ3v) is 6.11. The fourth-order valence-electron chi connectivity index (χ4n) is 4.35. The third kappa shape index (κ3) is 4.32. The second kappa shape index (κ2) is 9.66. The molecule has 5 N–H and O–H groups in total. The first kappa shape index (κ1) is 22.8. The number of hydrogen-bond donors (Lipinski definition) is 3. The fraction of sp³-hybridized carbons (Fsp3) is 0.250. The molecule has 0 radical (unpaired) electrons. The Morgan fingerprint density at radius 3 is 2.30 bits per heavy atom. The maximum absolute atomic E-state index is 9.21. The summed E-state index contributed by atoms with van der Waals surface area (Å²) in [5.41, 5.74) is 18.7. The fourth-order valence-corrected chi connectivity index (χ4v) is 4.35. The minimum absolute atomic E-state index is 0. The Morgan fingerprint density at radius 2 is 1.58 bits per heavy atom. The number of anilines is 3. The van der Waals surface area contributed by atoms with Crippen molar-refractivity contribution in [2.24, 2.45) is 0 Å². The van der Waals surface area contributed by atoms with Crippen LogP contribution in [0.2, 0.25) is 0 Å². The minimum atomic E-state index is 0. The number of aliphatic hydroxyl groups is 1. The van der Waals surface area contributed by atoms with Gasteiger partial charge in [0.25, 0.3) is 0 Å². The van der Waals surface area contributed by atoms with Crippen molar-refractivity contribution in [3.63, 3.8) is 0 Å². The van der Waals surface area contributed by atoms with Gasteiger partial charge in [0.2, 0.25) is 0 Å². The normalized spacial score (nSPS) is 14.4. The van der Waals surface area contributed by atoms with Gasteiger partial charge >= 0.3 is 0 Å². The van der Waals surface area contributed by atoms with E-state index >= 15 is 0 Å². The SMILES string of the molecule is Cl.Nc1ccc(-c2cnc3c(-c4ccccc4N4CCN(CCO)CC4)cnn3c2N)cc1. The number of aromatic nitrogens is 3. The highest BCUT2D eigenvalue weighted by Gasteiger charge is 2.21. The summed E-state index contributed by atoms with van der Waals surface area (Å²) < 4.78 is 1.71. The molecule has 0 bridgehead atoms. The average molecular weight is 466 g/mol. The monoisotopic (exact) mass is 465 g/mol. The second-order valence-corrected chi connectivity index (χ2v) is 8.04. The predicted molar refractivity (Wildman–Crippen MR) is 136 cm³/mol. The molecule has 1 aliphatic rings. The van der Waals surface area contributed by atoms with E-state index in [1.807, 2.05) is 36.5 Å². The highest BCUT2D eigenvalue weighted by Crippen LogP contribution is 2.35. The molecule has 5 rings (SSSR count). The van der Waals surface area contributed by atoms with Crippen LogP contribution < -0.4 is 16.4 Å². The third-order valence-electron chi connectivity index (χ3n) is 6.11. The van der Waals surface area contributed by atoms with E-state index in [9.17, 15) is 5.11 Å². The van der Waals surface area contributed by atoms with E-state index in [1.165, 1.54) is 0 Å². The van der Waals surface area contributed by atoms with Crippen molar-refractivity contribution in [2.45, 2.75) is 0 Å². The van der Waals surface area contributed by atoms with Gasteiger partial charge in [0.15, 0.2) is 5.65 Å². The quantitative estimate of drug-likeness (QED) is 0.389. The van der Waals surface area contributed by atoms with Crippen molar-refractivity contribution in [3.8, 4) is 22.3 Å². The maximum Gasteiger partial charge on any atom is 0.165 e. The van der Waals surface area contributed by atoms with E-state index in [4.69, 9.17) is 16.5 Å². The van der Waals surface area contributed by atoms with E-state index < -0.39 is 0 Å². The first-order valence-electron chi connectivity index (χ1n) is 10.8. The molecule has 0 aliphatic carbocycles. The molecule has 0 spiro atoms. The summed E-state index contributed by atoms with van der Waals surface area (Å²) in [6, 6.07) is 15.9. The Balaban J connectivity index is 0.00000259. The summed E-state index contributed by atoms with van der Waals surface area (Å²) in [5.74, 6) is 0.543. The van der Waals surface area contributed by atoms with Gasteiger partial charge < -0.3 is 21.5 Å². The summed E-state index contributed by atoms with van der Waals surface area (Å²) in [6.07, 6.45) is 3.64. The number of nitrogens with zero attached hydrogens (tertiary/aromatic N) is 5. The van der Waals surface area contributed by atoms with Crippen molar-refractivity contribution in [3.05, 3.63) is 60.9 Å². The topological polar surface area (TPSA) is 109 Å². The zero-order valence-electron chi connectivity index (χ0n) is 18.3. The number of piperazine rings is 1. The molecule has 1 fully saturated rings. The van der Waals surface area contributed by atoms with Crippen molar-refractivity contribution in [1.82, 2.24) is 19.5 Å². The Kier molecular flexibility index (Phi) is 6.69. The van der Waals surface area contributed by atoms with Gasteiger partial charge in [0, 0.05) is 67.0 Å². The molecule has 8 nitrogen and oxygen atoms in total. The highest BCUT2D eigenvalue weighted by atomic mass is 35.5. The summed E-state index contributed by atoms with van der Waals surface area (Å²) in [7, 11) is 0. The molecular formula is C24H28ClN7O. The molecule has 2 aromatic carbocycles. The van der Waals surface area contributed by atoms with E-state index in [0.717, 1.165) is 66.3 Å². The minimum Gasteiger partial charge on any atom is -0.399 e. The Hall–Kier alpha value is -3.33. The lowest BCUT2D eigenvalue weighted by atomic mass is 10.0. The zero-order chi connectivity index (χ0) is 22.1. The molecule has 2 aromatic heterocycles. The number of para-hydroxylation sites is 1. The number of nitrogen functional groups attached to an aromatic ring is 2. The van der Waals surface area contributed by atoms with Crippen LogP contribution >= 0.6 is 12.4 Å². The number of rotatable bonds is 5. The van der Waals surface area contributed by atoms with Gasteiger partial charge in [0.1, 0.15) is 5.82 Å². The van der Waals surface area contributed by atoms with Crippen LogP contribution in [-0.2, 0) is 0 Å². The predicted octanol–water partition coefficient (Wildman–Crippen LogP) is 2.76. The zero-order valence-corrected chi connectivity index (χ0v) is 19.1. The van der Waals surface area contributed by atoms with E-state index in [1.54, 1.807) is 10.7 Å². The Bertz CT molecular complexity index is 1230. The second-order valence-electron chi connectivity index (χ2n) is 8.04. The molecule has 0 amide bonds. The summed E-state index contributed by atoms with van der Waals surface area (Å²) in [5, 5.41) is 13.8. The van der Waals surface area contributed by atoms with Gasteiger partial charge in [-0.05, 0) is 23.8 Å². The van der Waals surface area contributed by atoms with Gasteiger partial charge in [-0.3, -0.25) is 4.90 Å². The van der Waals surface area contributed by atoms with Gasteiger partial charge in [0.05, 0.1) is 12.8 Å². The number of halogens is 1. The summed E-state index contributed by atoms with van der Waals surface area (Å²) in [6.45, 7) is 4.60. The standard InChI is InChI=1S/C24H27N7O.ClH/c25-18-7-5-17(6-8-18)20-15-27-24-21(16-28-31(24)23(20)26)19-3-1-2-4-22(19)30-11-9-29(10-12-30)13-14-32;/h1-8,15-16,32H,9-14,25-26H2;1H. The first-order valence-corrected chi connectivity index (χ1v) is 10.8. The molecule has 0 atom stereocenters. The van der Waals surface area contributed by atoms with Crippen LogP contribution in [0.5, 0.6) is 0 Å². The van der Waals surface area contributed by atoms with Crippen LogP contribution in [0.3, 0.4) is 0 Å². The molecule has 1 saturated heterocycles. The first-order chi connectivity index (χ1) is 15.7. The van der Waals surface area contributed by atoms with Crippen LogP contribution in [0.15, 0.2) is 60.9 Å². The number of β-amino-alcohol motifs (C(OH)–C–C–N with tert-alkyl or cyclic N) is 1. The van der Waals surface area contributed by atoms with Gasteiger partial charge in [-0.15, -0.1) is 12.4 Å².